The number of nitrogens with one attached hydrogen (secondary N) is 1. The zero-order valence-corrected chi connectivity index (χ0v) is 10.6. The lowest BCUT2D eigenvalue weighted by Crippen LogP contribution is -2.72. The molecule has 2 aliphatic heterocycles. The van der Waals surface area contributed by atoms with Crippen LogP contribution >= 0.6 is 0 Å². The van der Waals surface area contributed by atoms with Crippen LogP contribution in [0.4, 0.5) is 8.78 Å². The largest absolute Gasteiger partial charge is 0.341 e. The Labute approximate surface area is 106 Å². The molecule has 5 heteroatoms. The quantitative estimate of drug-likeness (QED) is 0.816. The third-order valence-electron chi connectivity index (χ3n) is 4.71. The Morgan fingerprint density at radius 1 is 1.22 bits per heavy atom. The summed E-state index contributed by atoms with van der Waals surface area (Å²) < 4.78 is 26.0. The summed E-state index contributed by atoms with van der Waals surface area (Å²) in [5.41, 5.74) is 0.356. The monoisotopic (exact) mass is 258 g/mol. The normalized spacial score (nSPS) is 29.8. The molecule has 1 saturated carbocycles. The van der Waals surface area contributed by atoms with Crippen molar-refractivity contribution in [3.8, 4) is 0 Å². The van der Waals surface area contributed by atoms with Crippen LogP contribution < -0.4 is 5.32 Å². The van der Waals surface area contributed by atoms with Gasteiger partial charge in [0.15, 0.2) is 0 Å². The molecule has 0 aromatic carbocycles. The van der Waals surface area contributed by atoms with Gasteiger partial charge in [0.25, 0.3) is 0 Å². The molecule has 0 atom stereocenters. The van der Waals surface area contributed by atoms with Gasteiger partial charge < -0.3 is 10.2 Å². The third-order valence-corrected chi connectivity index (χ3v) is 4.71. The van der Waals surface area contributed by atoms with Gasteiger partial charge in [-0.2, -0.15) is 0 Å². The molecule has 0 aromatic heterocycles. The SMILES string of the molecule is O=C(CC1CCC(F)(F)CC1)N1CC2(CNC2)C1. The lowest BCUT2D eigenvalue weighted by molar-refractivity contribution is -0.148. The highest BCUT2D eigenvalue weighted by Gasteiger charge is 2.49. The van der Waals surface area contributed by atoms with Crippen molar-refractivity contribution in [1.82, 2.24) is 10.2 Å². The Kier molecular flexibility index (Phi) is 2.84. The molecule has 3 nitrogen and oxygen atoms in total. The highest BCUT2D eigenvalue weighted by molar-refractivity contribution is 5.77. The van der Waals surface area contributed by atoms with E-state index in [0.29, 0.717) is 24.7 Å². The molecule has 3 aliphatic rings. The fourth-order valence-corrected chi connectivity index (χ4v) is 3.32. The van der Waals surface area contributed by atoms with E-state index in [1.54, 1.807) is 0 Å². The van der Waals surface area contributed by atoms with Crippen molar-refractivity contribution in [2.24, 2.45) is 11.3 Å². The molecule has 2 saturated heterocycles. The van der Waals surface area contributed by atoms with Crippen LogP contribution in [0.5, 0.6) is 0 Å². The lowest BCUT2D eigenvalue weighted by Gasteiger charge is -2.56. The summed E-state index contributed by atoms with van der Waals surface area (Å²) in [6.45, 7) is 3.77. The minimum absolute atomic E-state index is 0.0429. The predicted octanol–water partition coefficient (Wildman–Crippen LogP) is 1.63. The number of likely N-dealkylation sites (tertiary alicyclic amines) is 1. The minimum Gasteiger partial charge on any atom is -0.341 e. The van der Waals surface area contributed by atoms with Gasteiger partial charge in [-0.15, -0.1) is 0 Å². The summed E-state index contributed by atoms with van der Waals surface area (Å²) >= 11 is 0. The van der Waals surface area contributed by atoms with Crippen molar-refractivity contribution in [1.29, 1.82) is 0 Å². The average molecular weight is 258 g/mol. The van der Waals surface area contributed by atoms with Crippen molar-refractivity contribution >= 4 is 5.91 Å². The minimum atomic E-state index is -2.49. The first kappa shape index (κ1) is 12.3. The molecule has 0 aromatic rings. The van der Waals surface area contributed by atoms with E-state index < -0.39 is 5.92 Å². The van der Waals surface area contributed by atoms with Crippen molar-refractivity contribution in [3.63, 3.8) is 0 Å². The number of alkyl halides is 2. The van der Waals surface area contributed by atoms with Crippen LogP contribution in [0.25, 0.3) is 0 Å². The maximum absolute atomic E-state index is 13.0. The van der Waals surface area contributed by atoms with Crippen LogP contribution in [0.1, 0.15) is 32.1 Å². The van der Waals surface area contributed by atoms with Crippen molar-refractivity contribution < 1.29 is 13.6 Å². The first-order valence-electron chi connectivity index (χ1n) is 6.84. The standard InChI is InChI=1S/C13H20F2N2O/c14-13(15)3-1-10(2-4-13)5-11(18)17-8-12(9-17)6-16-7-12/h10,16H,1-9H2. The summed E-state index contributed by atoms with van der Waals surface area (Å²) in [4.78, 5) is 13.9. The molecule has 1 amide bonds. The van der Waals surface area contributed by atoms with Crippen LogP contribution in [0.3, 0.4) is 0 Å². The number of carbonyl (C=O) groups is 1. The molecule has 0 bridgehead atoms. The Morgan fingerprint density at radius 3 is 2.33 bits per heavy atom. The van der Waals surface area contributed by atoms with E-state index in [4.69, 9.17) is 0 Å². The van der Waals surface area contributed by atoms with Crippen molar-refractivity contribution in [2.45, 2.75) is 38.0 Å². The molecule has 102 valence electrons. The van der Waals surface area contributed by atoms with E-state index in [-0.39, 0.29) is 24.7 Å². The number of nitrogens with zero attached hydrogens (tertiary/aromatic N) is 1. The number of rotatable bonds is 2. The Balaban J connectivity index is 1.42. The van der Waals surface area contributed by atoms with Gasteiger partial charge in [-0.25, -0.2) is 8.78 Å². The van der Waals surface area contributed by atoms with Gasteiger partial charge in [-0.05, 0) is 18.8 Å². The summed E-state index contributed by atoms with van der Waals surface area (Å²) in [7, 11) is 0. The zero-order valence-electron chi connectivity index (χ0n) is 10.6. The topological polar surface area (TPSA) is 32.3 Å². The van der Waals surface area contributed by atoms with Crippen LogP contribution in [-0.4, -0.2) is 42.9 Å². The lowest BCUT2D eigenvalue weighted by atomic mass is 9.74. The van der Waals surface area contributed by atoms with Gasteiger partial charge in [0.05, 0.1) is 0 Å². The van der Waals surface area contributed by atoms with Crippen LogP contribution in [0.2, 0.25) is 0 Å². The van der Waals surface area contributed by atoms with Gasteiger partial charge in [0, 0.05) is 50.9 Å². The molecular weight excluding hydrogens is 238 g/mol. The number of halogens is 2. The molecule has 1 N–H and O–H groups in total. The second-order valence-electron chi connectivity index (χ2n) is 6.36. The number of amides is 1. The number of hydrogen-bond acceptors (Lipinski definition) is 2. The van der Waals surface area contributed by atoms with E-state index in [9.17, 15) is 13.6 Å². The molecule has 0 radical (unpaired) electrons. The zero-order chi connectivity index (χ0) is 12.8. The fraction of sp³-hybridized carbons (Fsp3) is 0.923. The van der Waals surface area contributed by atoms with Crippen LogP contribution in [-0.2, 0) is 4.79 Å². The summed E-state index contributed by atoms with van der Waals surface area (Å²) in [5, 5.41) is 3.23. The first-order chi connectivity index (χ1) is 8.48. The fourth-order valence-electron chi connectivity index (χ4n) is 3.32. The molecule has 3 fully saturated rings. The molecule has 18 heavy (non-hydrogen) atoms. The molecule has 1 aliphatic carbocycles. The maximum atomic E-state index is 13.0. The molecule has 2 heterocycles. The summed E-state index contributed by atoms with van der Waals surface area (Å²) in [6.07, 6.45) is 1.38. The second kappa shape index (κ2) is 4.15. The summed E-state index contributed by atoms with van der Waals surface area (Å²) in [6, 6.07) is 0. The third kappa shape index (κ3) is 2.25. The number of carbonyl (C=O) groups excluding carboxylic acids is 1. The molecule has 3 rings (SSSR count). The highest BCUT2D eigenvalue weighted by atomic mass is 19.3. The van der Waals surface area contributed by atoms with Crippen LogP contribution in [0.15, 0.2) is 0 Å². The van der Waals surface area contributed by atoms with Crippen molar-refractivity contribution in [3.05, 3.63) is 0 Å². The Bertz CT molecular complexity index is 337. The van der Waals surface area contributed by atoms with Gasteiger partial charge in [-0.3, -0.25) is 4.79 Å². The Morgan fingerprint density at radius 2 is 1.83 bits per heavy atom. The molecule has 0 unspecified atom stereocenters. The van der Waals surface area contributed by atoms with E-state index in [2.05, 4.69) is 5.32 Å². The van der Waals surface area contributed by atoms with Crippen molar-refractivity contribution in [2.75, 3.05) is 26.2 Å². The van der Waals surface area contributed by atoms with E-state index in [1.807, 2.05) is 4.90 Å². The Hall–Kier alpha value is -0.710. The van der Waals surface area contributed by atoms with Gasteiger partial charge in [0.2, 0.25) is 11.8 Å². The number of hydrogen-bond donors (Lipinski definition) is 1. The summed E-state index contributed by atoms with van der Waals surface area (Å²) in [5.74, 6) is -2.14. The van der Waals surface area contributed by atoms with Gasteiger partial charge in [-0.1, -0.05) is 0 Å². The van der Waals surface area contributed by atoms with E-state index in [0.717, 1.165) is 26.2 Å². The molecule has 1 spiro atoms. The smallest absolute Gasteiger partial charge is 0.248 e. The predicted molar refractivity (Wildman–Crippen MR) is 63.4 cm³/mol. The highest BCUT2D eigenvalue weighted by Crippen LogP contribution is 2.39. The van der Waals surface area contributed by atoms with E-state index >= 15 is 0 Å². The molecular formula is C13H20F2N2O. The second-order valence-corrected chi connectivity index (χ2v) is 6.36. The first-order valence-corrected chi connectivity index (χ1v) is 6.84. The van der Waals surface area contributed by atoms with Gasteiger partial charge in [0.1, 0.15) is 0 Å². The van der Waals surface area contributed by atoms with E-state index in [1.165, 1.54) is 0 Å². The average Bonchev–Trinajstić information content (AvgIpc) is 2.17. The maximum Gasteiger partial charge on any atom is 0.248 e. The van der Waals surface area contributed by atoms with Crippen LogP contribution in [0, 0.1) is 11.3 Å². The van der Waals surface area contributed by atoms with Gasteiger partial charge >= 0.3 is 0 Å².